The maximum atomic E-state index is 13.8. The van der Waals surface area contributed by atoms with E-state index in [2.05, 4.69) is 4.99 Å². The molecule has 0 unspecified atom stereocenters. The summed E-state index contributed by atoms with van der Waals surface area (Å²) in [5, 5.41) is 11.7. The molecule has 13 heteroatoms. The summed E-state index contributed by atoms with van der Waals surface area (Å²) in [4.78, 5) is 42.4. The molecule has 4 aromatic rings. The first kappa shape index (κ1) is 27.9. The van der Waals surface area contributed by atoms with Gasteiger partial charge in [0.2, 0.25) is 0 Å². The highest BCUT2D eigenvalue weighted by Crippen LogP contribution is 2.37. The van der Waals surface area contributed by atoms with E-state index < -0.39 is 22.5 Å². The van der Waals surface area contributed by atoms with Crippen molar-refractivity contribution in [2.24, 2.45) is 4.99 Å². The van der Waals surface area contributed by atoms with Crippen LogP contribution in [0.25, 0.3) is 17.4 Å². The van der Waals surface area contributed by atoms with Crippen LogP contribution in [0.1, 0.15) is 24.3 Å². The normalized spacial score (nSPS) is 14.9. The summed E-state index contributed by atoms with van der Waals surface area (Å²) >= 11 is 7.42. The number of methoxy groups -OCH3 is 3. The van der Waals surface area contributed by atoms with E-state index in [4.69, 9.17) is 30.2 Å². The number of hydrogen-bond acceptors (Lipinski definition) is 10. The second-order valence-electron chi connectivity index (χ2n) is 8.80. The molecule has 1 atom stereocenters. The topological polar surface area (TPSA) is 135 Å². The second-order valence-corrected chi connectivity index (χ2v) is 10.2. The number of nitrogens with zero attached hydrogens (tertiary/aromatic N) is 3. The summed E-state index contributed by atoms with van der Waals surface area (Å²) in [5.74, 6) is 0.799. The van der Waals surface area contributed by atoms with Gasteiger partial charge in [-0.25, -0.2) is 9.79 Å². The fourth-order valence-corrected chi connectivity index (χ4v) is 5.82. The predicted molar refractivity (Wildman–Crippen MR) is 151 cm³/mol. The minimum absolute atomic E-state index is 0.125. The van der Waals surface area contributed by atoms with Gasteiger partial charge in [0, 0.05) is 28.8 Å². The first-order valence-electron chi connectivity index (χ1n) is 12.0. The molecule has 0 saturated carbocycles. The number of thiazole rings is 1. The molecule has 0 saturated heterocycles. The lowest BCUT2D eigenvalue weighted by atomic mass is 9.95. The van der Waals surface area contributed by atoms with E-state index in [1.807, 2.05) is 0 Å². The van der Waals surface area contributed by atoms with Crippen LogP contribution in [0, 0.1) is 10.1 Å². The fourth-order valence-electron chi connectivity index (χ4n) is 4.61. The van der Waals surface area contributed by atoms with Crippen molar-refractivity contribution in [1.29, 1.82) is 0 Å². The lowest BCUT2D eigenvalue weighted by molar-refractivity contribution is -0.384. The summed E-state index contributed by atoms with van der Waals surface area (Å²) in [7, 11) is 4.19. The third-order valence-corrected chi connectivity index (χ3v) is 7.69. The molecule has 0 radical (unpaired) electrons. The molecule has 0 aliphatic carbocycles. The van der Waals surface area contributed by atoms with E-state index in [0.717, 1.165) is 11.3 Å². The maximum Gasteiger partial charge on any atom is 0.338 e. The predicted octanol–water partition coefficient (Wildman–Crippen LogP) is 4.25. The van der Waals surface area contributed by atoms with Crippen LogP contribution in [0.4, 0.5) is 5.69 Å². The van der Waals surface area contributed by atoms with Crippen LogP contribution < -0.4 is 24.4 Å². The monoisotopic (exact) mass is 595 g/mol. The number of carbonyl (C=O) groups is 1. The maximum absolute atomic E-state index is 13.8. The second kappa shape index (κ2) is 11.1. The van der Waals surface area contributed by atoms with Gasteiger partial charge in [0.25, 0.3) is 11.2 Å². The van der Waals surface area contributed by atoms with Gasteiger partial charge in [0.15, 0.2) is 4.80 Å². The molecule has 5 rings (SSSR count). The first-order chi connectivity index (χ1) is 19.7. The Hall–Kier alpha value is -4.68. The number of nitro benzene ring substituents is 1. The number of carbonyl (C=O) groups excluding carboxylic acids is 1. The number of aromatic nitrogens is 1. The molecule has 0 N–H and O–H groups in total. The number of halogens is 1. The number of fused-ring (bicyclic) bond motifs is 1. The van der Waals surface area contributed by atoms with Crippen molar-refractivity contribution in [3.8, 4) is 22.8 Å². The molecule has 11 nitrogen and oxygen atoms in total. The van der Waals surface area contributed by atoms with Gasteiger partial charge < -0.3 is 18.6 Å². The Balaban J connectivity index is 1.67. The molecule has 0 fully saturated rings. The quantitative estimate of drug-likeness (QED) is 0.176. The highest BCUT2D eigenvalue weighted by molar-refractivity contribution is 7.07. The lowest BCUT2D eigenvalue weighted by Crippen LogP contribution is -2.40. The molecule has 1 aliphatic heterocycles. The Labute approximate surface area is 241 Å². The Morgan fingerprint density at radius 3 is 2.54 bits per heavy atom. The number of rotatable bonds is 7. The van der Waals surface area contributed by atoms with Crippen molar-refractivity contribution in [2.75, 3.05) is 21.3 Å². The molecule has 2 aromatic carbocycles. The lowest BCUT2D eigenvalue weighted by Gasteiger charge is -2.25. The number of non-ortho nitro benzene ring substituents is 1. The third-order valence-electron chi connectivity index (χ3n) is 6.47. The van der Waals surface area contributed by atoms with Gasteiger partial charge in [0.05, 0.1) is 47.6 Å². The first-order valence-corrected chi connectivity index (χ1v) is 13.2. The molecule has 2 aromatic heterocycles. The standard InChI is InChI=1S/C28H22ClN3O8S/c1-14-24(27(34)39-4)25(19-11-15(29)5-8-21(19)38-3)31-26(33)23(41-28(31)30-14)13-17-7-10-22(40-17)18-12-16(32(35)36)6-9-20(18)37-2/h5-13,25H,1-4H3/b23-13-/t25-/m0/s1. The van der Waals surface area contributed by atoms with Crippen molar-refractivity contribution in [2.45, 2.75) is 13.0 Å². The summed E-state index contributed by atoms with van der Waals surface area (Å²) < 4.78 is 23.6. The molecular formula is C28H22ClN3O8S. The average Bonchev–Trinajstić information content (AvgIpc) is 3.55. The van der Waals surface area contributed by atoms with Gasteiger partial charge in [0.1, 0.15) is 29.1 Å². The van der Waals surface area contributed by atoms with Gasteiger partial charge in [-0.15, -0.1) is 0 Å². The zero-order valence-electron chi connectivity index (χ0n) is 22.2. The van der Waals surface area contributed by atoms with E-state index >= 15 is 0 Å². The van der Waals surface area contributed by atoms with Crippen LogP contribution in [-0.4, -0.2) is 36.8 Å². The molecule has 210 valence electrons. The van der Waals surface area contributed by atoms with Gasteiger partial charge in [-0.2, -0.15) is 0 Å². The average molecular weight is 596 g/mol. The highest BCUT2D eigenvalue weighted by atomic mass is 35.5. The van der Waals surface area contributed by atoms with Gasteiger partial charge >= 0.3 is 5.97 Å². The molecule has 1 aliphatic rings. The summed E-state index contributed by atoms with van der Waals surface area (Å²) in [6, 6.07) is 11.5. The Bertz CT molecular complexity index is 1920. The number of nitro groups is 1. The largest absolute Gasteiger partial charge is 0.496 e. The summed E-state index contributed by atoms with van der Waals surface area (Å²) in [6.45, 7) is 1.67. The zero-order chi connectivity index (χ0) is 29.4. The SMILES string of the molecule is COC(=O)C1=C(C)N=c2s/c(=C\c3ccc(-c4cc([N+](=O)[O-])ccc4OC)o3)c(=O)n2[C@H]1c1cc(Cl)ccc1OC. The van der Waals surface area contributed by atoms with Crippen molar-refractivity contribution in [3.63, 3.8) is 0 Å². The number of hydrogen-bond donors (Lipinski definition) is 0. The Morgan fingerprint density at radius 2 is 1.85 bits per heavy atom. The molecule has 0 bridgehead atoms. The van der Waals surface area contributed by atoms with Crippen LogP contribution in [0.3, 0.4) is 0 Å². The van der Waals surface area contributed by atoms with Crippen LogP contribution >= 0.6 is 22.9 Å². The number of ether oxygens (including phenoxy) is 3. The number of esters is 1. The minimum Gasteiger partial charge on any atom is -0.496 e. The number of allylic oxidation sites excluding steroid dienone is 1. The van der Waals surface area contributed by atoms with Gasteiger partial charge in [-0.05, 0) is 43.3 Å². The Morgan fingerprint density at radius 1 is 1.12 bits per heavy atom. The smallest absolute Gasteiger partial charge is 0.338 e. The van der Waals surface area contributed by atoms with Crippen LogP contribution in [0.15, 0.2) is 74.0 Å². The van der Waals surface area contributed by atoms with E-state index in [1.54, 1.807) is 43.3 Å². The van der Waals surface area contributed by atoms with Gasteiger partial charge in [-0.3, -0.25) is 19.5 Å². The molecule has 3 heterocycles. The van der Waals surface area contributed by atoms with Crippen LogP contribution in [0.2, 0.25) is 5.02 Å². The number of furan rings is 1. The van der Waals surface area contributed by atoms with E-state index in [-0.39, 0.29) is 15.8 Å². The van der Waals surface area contributed by atoms with E-state index in [9.17, 15) is 19.7 Å². The van der Waals surface area contributed by atoms with Crippen LogP contribution in [-0.2, 0) is 9.53 Å². The molecule has 0 spiro atoms. The molecular weight excluding hydrogens is 574 g/mol. The van der Waals surface area contributed by atoms with Crippen molar-refractivity contribution in [3.05, 3.63) is 106 Å². The minimum atomic E-state index is -0.921. The third kappa shape index (κ3) is 5.03. The summed E-state index contributed by atoms with van der Waals surface area (Å²) in [6.07, 6.45) is 1.54. The molecule has 41 heavy (non-hydrogen) atoms. The zero-order valence-corrected chi connectivity index (χ0v) is 23.7. The Kier molecular flexibility index (Phi) is 7.52. The van der Waals surface area contributed by atoms with Crippen molar-refractivity contribution < 1.29 is 28.3 Å². The highest BCUT2D eigenvalue weighted by Gasteiger charge is 2.35. The van der Waals surface area contributed by atoms with Crippen molar-refractivity contribution >= 4 is 40.7 Å². The number of benzene rings is 2. The van der Waals surface area contributed by atoms with Gasteiger partial charge in [-0.1, -0.05) is 22.9 Å². The molecule has 0 amide bonds. The summed E-state index contributed by atoms with van der Waals surface area (Å²) in [5.41, 5.74) is 0.871. The fraction of sp³-hybridized carbons (Fsp3) is 0.179. The van der Waals surface area contributed by atoms with E-state index in [1.165, 1.54) is 44.1 Å². The van der Waals surface area contributed by atoms with Crippen LogP contribution in [0.5, 0.6) is 11.5 Å². The van der Waals surface area contributed by atoms with E-state index in [0.29, 0.717) is 49.7 Å². The van der Waals surface area contributed by atoms with Crippen molar-refractivity contribution in [1.82, 2.24) is 4.57 Å².